The van der Waals surface area contributed by atoms with E-state index in [1.165, 1.54) is 11.1 Å². The lowest BCUT2D eigenvalue weighted by Gasteiger charge is -2.20. The molecule has 23 heavy (non-hydrogen) atoms. The van der Waals surface area contributed by atoms with Crippen molar-refractivity contribution in [2.75, 3.05) is 7.11 Å². The lowest BCUT2D eigenvalue weighted by atomic mass is 9.83. The molecule has 0 radical (unpaired) electrons. The third-order valence-corrected chi connectivity index (χ3v) is 4.81. The largest absolute Gasteiger partial charge is 0.496 e. The standard InChI is InChI=1S/C20H19BrO2/c1-12-8-13(2)17-6-4-14(20(22)18(17)9-12)10-15-11-16(21)5-7-19(15)23-3/h5,7-11H,4,6H2,1-3H3. The Labute approximate surface area is 145 Å². The van der Waals surface area contributed by atoms with Crippen LogP contribution in [-0.4, -0.2) is 12.9 Å². The summed E-state index contributed by atoms with van der Waals surface area (Å²) in [5.41, 5.74) is 6.17. The summed E-state index contributed by atoms with van der Waals surface area (Å²) < 4.78 is 6.38. The molecule has 2 nitrogen and oxygen atoms in total. The molecule has 0 unspecified atom stereocenters. The van der Waals surface area contributed by atoms with Crippen LogP contribution in [0.15, 0.2) is 40.4 Å². The average molecular weight is 371 g/mol. The molecular formula is C20H19BrO2. The Morgan fingerprint density at radius 2 is 1.91 bits per heavy atom. The molecule has 0 atom stereocenters. The van der Waals surface area contributed by atoms with Crippen molar-refractivity contribution in [3.8, 4) is 5.75 Å². The summed E-state index contributed by atoms with van der Waals surface area (Å²) in [5, 5.41) is 0. The predicted molar refractivity (Wildman–Crippen MR) is 97.2 cm³/mol. The molecule has 1 aliphatic rings. The summed E-state index contributed by atoms with van der Waals surface area (Å²) in [4.78, 5) is 12.9. The normalized spacial score (nSPS) is 15.7. The first-order valence-corrected chi connectivity index (χ1v) is 8.48. The van der Waals surface area contributed by atoms with Crippen LogP contribution in [0.3, 0.4) is 0 Å². The van der Waals surface area contributed by atoms with E-state index in [1.54, 1.807) is 7.11 Å². The van der Waals surface area contributed by atoms with Gasteiger partial charge in [-0.2, -0.15) is 0 Å². The maximum absolute atomic E-state index is 12.9. The van der Waals surface area contributed by atoms with Gasteiger partial charge in [-0.15, -0.1) is 0 Å². The Balaban J connectivity index is 2.06. The van der Waals surface area contributed by atoms with Crippen LogP contribution in [0.4, 0.5) is 0 Å². The molecule has 0 spiro atoms. The van der Waals surface area contributed by atoms with Gasteiger partial charge in [-0.3, -0.25) is 4.79 Å². The number of methoxy groups -OCH3 is 1. The van der Waals surface area contributed by atoms with Crippen molar-refractivity contribution >= 4 is 27.8 Å². The monoisotopic (exact) mass is 370 g/mol. The van der Waals surface area contributed by atoms with Crippen LogP contribution in [0, 0.1) is 13.8 Å². The van der Waals surface area contributed by atoms with Crippen LogP contribution < -0.4 is 4.74 Å². The van der Waals surface area contributed by atoms with E-state index in [-0.39, 0.29) is 5.78 Å². The Bertz CT molecular complexity index is 819. The van der Waals surface area contributed by atoms with Gasteiger partial charge in [0.1, 0.15) is 5.75 Å². The number of benzene rings is 2. The fourth-order valence-electron chi connectivity index (χ4n) is 3.22. The number of hydrogen-bond acceptors (Lipinski definition) is 2. The van der Waals surface area contributed by atoms with Crippen molar-refractivity contribution in [1.82, 2.24) is 0 Å². The molecule has 0 saturated heterocycles. The maximum atomic E-state index is 12.9. The van der Waals surface area contributed by atoms with E-state index in [1.807, 2.05) is 37.3 Å². The number of hydrogen-bond donors (Lipinski definition) is 0. The first kappa shape index (κ1) is 16.0. The zero-order chi connectivity index (χ0) is 16.6. The molecule has 2 aromatic carbocycles. The second kappa shape index (κ2) is 6.32. The molecule has 2 aromatic rings. The second-order valence-electron chi connectivity index (χ2n) is 5.99. The van der Waals surface area contributed by atoms with Gasteiger partial charge >= 0.3 is 0 Å². The number of ether oxygens (including phenoxy) is 1. The number of allylic oxidation sites excluding steroid dienone is 1. The van der Waals surface area contributed by atoms with Gasteiger partial charge in [0.25, 0.3) is 0 Å². The molecule has 118 valence electrons. The van der Waals surface area contributed by atoms with Gasteiger partial charge in [-0.05, 0) is 68.2 Å². The Morgan fingerprint density at radius 3 is 2.65 bits per heavy atom. The summed E-state index contributed by atoms with van der Waals surface area (Å²) in [6.45, 7) is 4.13. The lowest BCUT2D eigenvalue weighted by molar-refractivity contribution is 0.102. The molecule has 0 fully saturated rings. The van der Waals surface area contributed by atoms with Crippen LogP contribution in [0.25, 0.3) is 6.08 Å². The highest BCUT2D eigenvalue weighted by atomic mass is 79.9. The Hall–Kier alpha value is -1.87. The van der Waals surface area contributed by atoms with E-state index in [0.717, 1.165) is 45.3 Å². The Morgan fingerprint density at radius 1 is 1.13 bits per heavy atom. The summed E-state index contributed by atoms with van der Waals surface area (Å²) in [6.07, 6.45) is 3.65. The number of ketones is 1. The first-order valence-electron chi connectivity index (χ1n) is 7.68. The van der Waals surface area contributed by atoms with Gasteiger partial charge in [0.15, 0.2) is 5.78 Å². The van der Waals surface area contributed by atoms with Crippen LogP contribution in [0.2, 0.25) is 0 Å². The fourth-order valence-corrected chi connectivity index (χ4v) is 3.60. The van der Waals surface area contributed by atoms with E-state index in [9.17, 15) is 4.79 Å². The second-order valence-corrected chi connectivity index (χ2v) is 6.91. The van der Waals surface area contributed by atoms with Crippen molar-refractivity contribution in [3.05, 3.63) is 68.2 Å². The predicted octanol–water partition coefficient (Wildman–Crippen LogP) is 5.29. The molecule has 0 N–H and O–H groups in total. The number of carbonyl (C=O) groups excluding carboxylic acids is 1. The fraction of sp³-hybridized carbons (Fsp3) is 0.250. The zero-order valence-corrected chi connectivity index (χ0v) is 15.2. The van der Waals surface area contributed by atoms with Crippen LogP contribution in [0.5, 0.6) is 5.75 Å². The topological polar surface area (TPSA) is 26.3 Å². The number of fused-ring (bicyclic) bond motifs is 1. The number of carbonyl (C=O) groups is 1. The van der Waals surface area contributed by atoms with Gasteiger partial charge in [0.2, 0.25) is 0 Å². The van der Waals surface area contributed by atoms with E-state index in [4.69, 9.17) is 4.74 Å². The molecule has 0 aromatic heterocycles. The summed E-state index contributed by atoms with van der Waals surface area (Å²) >= 11 is 3.48. The highest BCUT2D eigenvalue weighted by Crippen LogP contribution is 2.32. The van der Waals surface area contributed by atoms with E-state index < -0.39 is 0 Å². The molecule has 0 heterocycles. The van der Waals surface area contributed by atoms with Gasteiger partial charge in [0, 0.05) is 21.2 Å². The minimum Gasteiger partial charge on any atom is -0.496 e. The van der Waals surface area contributed by atoms with Crippen LogP contribution >= 0.6 is 15.9 Å². The smallest absolute Gasteiger partial charge is 0.189 e. The van der Waals surface area contributed by atoms with Crippen molar-refractivity contribution in [1.29, 1.82) is 0 Å². The van der Waals surface area contributed by atoms with Gasteiger partial charge in [-0.25, -0.2) is 0 Å². The van der Waals surface area contributed by atoms with Crippen molar-refractivity contribution < 1.29 is 9.53 Å². The summed E-state index contributed by atoms with van der Waals surface area (Å²) in [5.74, 6) is 0.916. The minimum atomic E-state index is 0.139. The first-order chi connectivity index (χ1) is 11.0. The zero-order valence-electron chi connectivity index (χ0n) is 13.6. The molecule has 0 amide bonds. The van der Waals surface area contributed by atoms with Gasteiger partial charge < -0.3 is 4.74 Å². The molecule has 0 aliphatic heterocycles. The lowest BCUT2D eigenvalue weighted by Crippen LogP contribution is -2.15. The number of Topliss-reactive ketones (excluding diaryl/α,β-unsaturated/α-hetero) is 1. The molecule has 0 saturated carbocycles. The number of aryl methyl sites for hydroxylation is 2. The SMILES string of the molecule is COc1ccc(Br)cc1C=C1CCc2c(C)cc(C)cc2C1=O. The van der Waals surface area contributed by atoms with Gasteiger partial charge in [-0.1, -0.05) is 27.6 Å². The molecule has 0 bridgehead atoms. The molecule has 1 aliphatic carbocycles. The highest BCUT2D eigenvalue weighted by Gasteiger charge is 2.23. The number of rotatable bonds is 2. The van der Waals surface area contributed by atoms with Crippen molar-refractivity contribution in [2.45, 2.75) is 26.7 Å². The molecule has 3 rings (SSSR count). The van der Waals surface area contributed by atoms with Crippen molar-refractivity contribution in [3.63, 3.8) is 0 Å². The summed E-state index contributed by atoms with van der Waals surface area (Å²) in [7, 11) is 1.65. The third-order valence-electron chi connectivity index (χ3n) is 4.32. The van der Waals surface area contributed by atoms with E-state index >= 15 is 0 Å². The van der Waals surface area contributed by atoms with Crippen LogP contribution in [-0.2, 0) is 6.42 Å². The van der Waals surface area contributed by atoms with Crippen LogP contribution in [0.1, 0.15) is 39.0 Å². The van der Waals surface area contributed by atoms with E-state index in [0.29, 0.717) is 0 Å². The maximum Gasteiger partial charge on any atom is 0.189 e. The van der Waals surface area contributed by atoms with Crippen molar-refractivity contribution in [2.24, 2.45) is 0 Å². The third kappa shape index (κ3) is 3.11. The molecule has 3 heteroatoms. The highest BCUT2D eigenvalue weighted by molar-refractivity contribution is 9.10. The number of halogens is 1. The van der Waals surface area contributed by atoms with E-state index in [2.05, 4.69) is 28.9 Å². The average Bonchev–Trinajstić information content (AvgIpc) is 2.51. The Kier molecular flexibility index (Phi) is 4.40. The quantitative estimate of drug-likeness (QED) is 0.671. The molecular weight excluding hydrogens is 352 g/mol. The summed E-state index contributed by atoms with van der Waals surface area (Å²) in [6, 6.07) is 9.99. The minimum absolute atomic E-state index is 0.139. The van der Waals surface area contributed by atoms with Gasteiger partial charge in [0.05, 0.1) is 7.11 Å².